The lowest BCUT2D eigenvalue weighted by molar-refractivity contribution is 0.580. The highest BCUT2D eigenvalue weighted by atomic mass is 32.2. The first-order valence-corrected chi connectivity index (χ1v) is 6.28. The molecule has 0 fully saturated rings. The molecule has 0 saturated carbocycles. The fourth-order valence-electron chi connectivity index (χ4n) is 1.52. The van der Waals surface area contributed by atoms with Gasteiger partial charge in [0.15, 0.2) is 5.82 Å². The van der Waals surface area contributed by atoms with Gasteiger partial charge in [-0.1, -0.05) is 0 Å². The summed E-state index contributed by atoms with van der Waals surface area (Å²) in [7, 11) is -0.534. The van der Waals surface area contributed by atoms with Crippen LogP contribution in [0.1, 0.15) is 5.69 Å². The summed E-state index contributed by atoms with van der Waals surface area (Å²) in [5, 5.41) is 16.2. The summed E-state index contributed by atoms with van der Waals surface area (Å²) in [6.07, 6.45) is 1.60. The van der Waals surface area contributed by atoms with Gasteiger partial charge in [0.05, 0.1) is 11.8 Å². The van der Waals surface area contributed by atoms with Crippen molar-refractivity contribution in [2.45, 2.75) is 12.1 Å². The first-order chi connectivity index (χ1) is 7.82. The second-order valence-corrected chi connectivity index (χ2v) is 5.13. The lowest BCUT2D eigenvalue weighted by Gasteiger charge is -2.01. The van der Waals surface area contributed by atoms with Crippen LogP contribution >= 0.6 is 0 Å². The molecule has 0 aliphatic heterocycles. The van der Waals surface area contributed by atoms with Gasteiger partial charge in [-0.25, -0.2) is 13.6 Å². The molecule has 9 heteroatoms. The van der Waals surface area contributed by atoms with Gasteiger partial charge in [0, 0.05) is 19.8 Å². The quantitative estimate of drug-likeness (QED) is 0.754. The van der Waals surface area contributed by atoms with E-state index in [0.29, 0.717) is 5.82 Å². The Kier molecular flexibility index (Phi) is 2.51. The predicted octanol–water partition coefficient (Wildman–Crippen LogP) is -0.829. The average Bonchev–Trinajstić information content (AvgIpc) is 2.72. The van der Waals surface area contributed by atoms with Crippen LogP contribution in [-0.4, -0.2) is 33.0 Å². The molecule has 0 aliphatic carbocycles. The Morgan fingerprint density at radius 2 is 1.94 bits per heavy atom. The minimum atomic E-state index is -3.86. The zero-order valence-corrected chi connectivity index (χ0v) is 10.4. The molecule has 0 amide bonds. The Morgan fingerprint density at radius 1 is 1.29 bits per heavy atom. The smallest absolute Gasteiger partial charge is 0.273 e. The Labute approximate surface area is 98.1 Å². The van der Waals surface area contributed by atoms with Gasteiger partial charge in [0.1, 0.15) is 0 Å². The second kappa shape index (κ2) is 3.64. The minimum Gasteiger partial charge on any atom is -0.300 e. The molecule has 0 atom stereocenters. The van der Waals surface area contributed by atoms with Crippen LogP contribution in [0.4, 0.5) is 0 Å². The summed E-state index contributed by atoms with van der Waals surface area (Å²) in [6.45, 7) is 1.85. The zero-order chi connectivity index (χ0) is 12.8. The molecular formula is C8H12N6O2S. The fourth-order valence-corrected chi connectivity index (χ4v) is 2.14. The van der Waals surface area contributed by atoms with E-state index in [0.717, 1.165) is 11.3 Å². The van der Waals surface area contributed by atoms with Gasteiger partial charge in [-0.05, 0) is 6.92 Å². The molecule has 2 rings (SSSR count). The fraction of sp³-hybridized carbons (Fsp3) is 0.375. The maximum Gasteiger partial charge on any atom is 0.273 e. The Hall–Kier alpha value is -1.74. The molecule has 2 aromatic heterocycles. The summed E-state index contributed by atoms with van der Waals surface area (Å²) in [5.74, 6) is 0.416. The van der Waals surface area contributed by atoms with E-state index in [1.807, 2.05) is 6.92 Å². The molecule has 0 radical (unpaired) electrons. The van der Waals surface area contributed by atoms with Crippen molar-refractivity contribution in [1.82, 2.24) is 24.5 Å². The highest BCUT2D eigenvalue weighted by molar-refractivity contribution is 7.89. The molecular weight excluding hydrogens is 244 g/mol. The first kappa shape index (κ1) is 11.7. The highest BCUT2D eigenvalue weighted by Gasteiger charge is 2.21. The monoisotopic (exact) mass is 256 g/mol. The van der Waals surface area contributed by atoms with Gasteiger partial charge >= 0.3 is 0 Å². The van der Waals surface area contributed by atoms with Crippen LogP contribution in [0, 0.1) is 6.92 Å². The lowest BCUT2D eigenvalue weighted by Crippen LogP contribution is -2.17. The Bertz CT molecular complexity index is 668. The highest BCUT2D eigenvalue weighted by Crippen LogP contribution is 2.21. The summed E-state index contributed by atoms with van der Waals surface area (Å²) in [5.41, 5.74) is 1.58. The van der Waals surface area contributed by atoms with Crippen LogP contribution in [0.5, 0.6) is 0 Å². The van der Waals surface area contributed by atoms with Gasteiger partial charge in [0.25, 0.3) is 15.2 Å². The molecule has 0 unspecified atom stereocenters. The van der Waals surface area contributed by atoms with E-state index < -0.39 is 10.0 Å². The van der Waals surface area contributed by atoms with Crippen molar-refractivity contribution in [3.05, 3.63) is 11.9 Å². The standard InChI is InChI=1S/C8H12N6O2S/c1-5-6(4-10-14(5)3)7-11-12-8(13(7)2)17(9,15)16/h4H,1-3H3,(H2,9,15,16). The lowest BCUT2D eigenvalue weighted by atomic mass is 10.2. The Balaban J connectivity index is 2.64. The van der Waals surface area contributed by atoms with Crippen molar-refractivity contribution in [3.63, 3.8) is 0 Å². The van der Waals surface area contributed by atoms with Gasteiger partial charge in [-0.2, -0.15) is 5.10 Å². The summed E-state index contributed by atoms with van der Waals surface area (Å²) in [4.78, 5) is 0. The first-order valence-electron chi connectivity index (χ1n) is 4.73. The third kappa shape index (κ3) is 1.83. The summed E-state index contributed by atoms with van der Waals surface area (Å²) < 4.78 is 25.4. The topological polar surface area (TPSA) is 109 Å². The molecule has 17 heavy (non-hydrogen) atoms. The minimum absolute atomic E-state index is 0.268. The number of nitrogens with zero attached hydrogens (tertiary/aromatic N) is 5. The van der Waals surface area contributed by atoms with E-state index in [9.17, 15) is 8.42 Å². The number of hydrogen-bond donors (Lipinski definition) is 1. The number of aromatic nitrogens is 5. The maximum atomic E-state index is 11.2. The van der Waals surface area contributed by atoms with Crippen LogP contribution in [0.2, 0.25) is 0 Å². The van der Waals surface area contributed by atoms with Crippen molar-refractivity contribution in [2.24, 2.45) is 19.2 Å². The SMILES string of the molecule is Cc1c(-c2nnc(S(N)(=O)=O)n2C)cnn1C. The molecule has 0 saturated heterocycles. The van der Waals surface area contributed by atoms with Gasteiger partial charge in [-0.3, -0.25) is 9.25 Å². The third-order valence-electron chi connectivity index (χ3n) is 2.57. The second-order valence-electron chi connectivity index (χ2n) is 3.68. The van der Waals surface area contributed by atoms with Crippen LogP contribution in [0.25, 0.3) is 11.4 Å². The van der Waals surface area contributed by atoms with Crippen molar-refractivity contribution in [3.8, 4) is 11.4 Å². The summed E-state index contributed by atoms with van der Waals surface area (Å²) in [6, 6.07) is 0. The zero-order valence-electron chi connectivity index (χ0n) is 9.62. The van der Waals surface area contributed by atoms with Crippen molar-refractivity contribution < 1.29 is 8.42 Å². The molecule has 8 nitrogen and oxygen atoms in total. The normalized spacial score (nSPS) is 12.0. The number of sulfonamides is 1. The van der Waals surface area contributed by atoms with E-state index >= 15 is 0 Å². The van der Waals surface area contributed by atoms with Crippen molar-refractivity contribution in [2.75, 3.05) is 0 Å². The van der Waals surface area contributed by atoms with Gasteiger partial charge < -0.3 is 0 Å². The number of aryl methyl sites for hydroxylation is 1. The van der Waals surface area contributed by atoms with Crippen molar-refractivity contribution in [1.29, 1.82) is 0 Å². The van der Waals surface area contributed by atoms with E-state index in [1.54, 1.807) is 25.0 Å². The van der Waals surface area contributed by atoms with Gasteiger partial charge in [0.2, 0.25) is 0 Å². The van der Waals surface area contributed by atoms with E-state index in [-0.39, 0.29) is 5.16 Å². The predicted molar refractivity (Wildman–Crippen MR) is 59.3 cm³/mol. The van der Waals surface area contributed by atoms with E-state index in [4.69, 9.17) is 5.14 Å². The molecule has 2 heterocycles. The maximum absolute atomic E-state index is 11.2. The number of hydrogen-bond acceptors (Lipinski definition) is 5. The van der Waals surface area contributed by atoms with Crippen LogP contribution in [0.3, 0.4) is 0 Å². The third-order valence-corrected chi connectivity index (χ3v) is 3.43. The number of primary sulfonamides is 1. The van der Waals surface area contributed by atoms with Crippen LogP contribution in [-0.2, 0) is 24.1 Å². The average molecular weight is 256 g/mol. The Morgan fingerprint density at radius 3 is 2.35 bits per heavy atom. The van der Waals surface area contributed by atoms with Gasteiger partial charge in [-0.15, -0.1) is 10.2 Å². The molecule has 0 aliphatic rings. The summed E-state index contributed by atoms with van der Waals surface area (Å²) >= 11 is 0. The number of nitrogens with two attached hydrogens (primary N) is 1. The largest absolute Gasteiger partial charge is 0.300 e. The van der Waals surface area contributed by atoms with E-state index in [1.165, 1.54) is 4.57 Å². The van der Waals surface area contributed by atoms with Crippen molar-refractivity contribution >= 4 is 10.0 Å². The molecule has 2 N–H and O–H groups in total. The molecule has 0 bridgehead atoms. The molecule has 0 aromatic carbocycles. The van der Waals surface area contributed by atoms with E-state index in [2.05, 4.69) is 15.3 Å². The molecule has 92 valence electrons. The van der Waals surface area contributed by atoms with Crippen LogP contribution in [0.15, 0.2) is 11.4 Å². The molecule has 0 spiro atoms. The number of rotatable bonds is 2. The molecule has 2 aromatic rings. The van der Waals surface area contributed by atoms with Crippen LogP contribution < -0.4 is 5.14 Å².